The topological polar surface area (TPSA) is 18.5 Å². The zero-order valence-corrected chi connectivity index (χ0v) is 17.4. The number of benzene rings is 2. The Hall–Kier alpha value is -1.59. The third-order valence-corrected chi connectivity index (χ3v) is 8.12. The highest BCUT2D eigenvalue weighted by atomic mass is 32.2. The van der Waals surface area contributed by atoms with E-state index in [1.807, 2.05) is 0 Å². The SMILES string of the molecule is Cc1ccc(S[C@@]23CCCC(OCC4CC4)C2COc2c(F)ccc(F)c23)cc1. The Labute approximate surface area is 175 Å². The average Bonchev–Trinajstić information content (AvgIpc) is 3.55. The van der Waals surface area contributed by atoms with Crippen LogP contribution in [0.2, 0.25) is 0 Å². The lowest BCUT2D eigenvalue weighted by Gasteiger charge is -2.50. The Morgan fingerprint density at radius 3 is 2.59 bits per heavy atom. The van der Waals surface area contributed by atoms with Crippen LogP contribution in [-0.4, -0.2) is 19.3 Å². The highest BCUT2D eigenvalue weighted by Gasteiger charge is 2.54. The molecule has 29 heavy (non-hydrogen) atoms. The van der Waals surface area contributed by atoms with E-state index in [1.165, 1.54) is 30.5 Å². The molecule has 1 aliphatic heterocycles. The van der Waals surface area contributed by atoms with Crippen LogP contribution in [-0.2, 0) is 9.48 Å². The second-order valence-electron chi connectivity index (χ2n) is 8.66. The zero-order chi connectivity index (χ0) is 20.0. The maximum absolute atomic E-state index is 15.2. The first-order chi connectivity index (χ1) is 14.1. The van der Waals surface area contributed by atoms with Crippen LogP contribution in [0.5, 0.6) is 5.75 Å². The molecule has 3 aliphatic rings. The van der Waals surface area contributed by atoms with E-state index in [-0.39, 0.29) is 23.6 Å². The predicted molar refractivity (Wildman–Crippen MR) is 110 cm³/mol. The molecule has 154 valence electrons. The van der Waals surface area contributed by atoms with E-state index < -0.39 is 10.6 Å². The van der Waals surface area contributed by atoms with Gasteiger partial charge >= 0.3 is 0 Å². The van der Waals surface area contributed by atoms with Gasteiger partial charge in [0, 0.05) is 23.0 Å². The summed E-state index contributed by atoms with van der Waals surface area (Å²) >= 11 is 1.66. The van der Waals surface area contributed by atoms with Gasteiger partial charge in [0.25, 0.3) is 0 Å². The van der Waals surface area contributed by atoms with Crippen LogP contribution in [0.25, 0.3) is 0 Å². The summed E-state index contributed by atoms with van der Waals surface area (Å²) in [7, 11) is 0. The first-order valence-electron chi connectivity index (χ1n) is 10.6. The third kappa shape index (κ3) is 3.57. The molecule has 0 radical (unpaired) electrons. The van der Waals surface area contributed by atoms with Crippen LogP contribution >= 0.6 is 11.8 Å². The molecule has 2 nitrogen and oxygen atoms in total. The minimum absolute atomic E-state index is 0.00916. The third-order valence-electron chi connectivity index (χ3n) is 6.54. The molecular formula is C24H26F2O2S. The molecule has 0 saturated heterocycles. The van der Waals surface area contributed by atoms with Crippen LogP contribution in [0.4, 0.5) is 8.78 Å². The van der Waals surface area contributed by atoms with Crippen molar-refractivity contribution < 1.29 is 18.3 Å². The smallest absolute Gasteiger partial charge is 0.165 e. The molecule has 2 unspecified atom stereocenters. The lowest BCUT2D eigenvalue weighted by molar-refractivity contribution is -0.0528. The number of ether oxygens (including phenoxy) is 2. The molecule has 0 amide bonds. The average molecular weight is 417 g/mol. The van der Waals surface area contributed by atoms with Gasteiger partial charge in [0.2, 0.25) is 0 Å². The second kappa shape index (κ2) is 7.59. The van der Waals surface area contributed by atoms with Gasteiger partial charge in [0.05, 0.1) is 17.5 Å². The fourth-order valence-corrected chi connectivity index (χ4v) is 6.39. The number of aryl methyl sites for hydroxylation is 1. The Bertz CT molecular complexity index is 896. The highest BCUT2D eigenvalue weighted by molar-refractivity contribution is 8.00. The summed E-state index contributed by atoms with van der Waals surface area (Å²) in [5.41, 5.74) is 1.57. The molecule has 0 aromatic heterocycles. The summed E-state index contributed by atoms with van der Waals surface area (Å²) in [6.07, 6.45) is 5.15. The van der Waals surface area contributed by atoms with Crippen LogP contribution in [0.1, 0.15) is 43.2 Å². The number of hydrogen-bond donors (Lipinski definition) is 0. The standard InChI is InChI=1S/C24H26F2O2S/c1-15-4-8-17(9-5-15)29-24-12-2-3-21(27-13-16-6-7-16)18(24)14-28-23-20(26)11-10-19(25)22(23)24/h4-5,8-11,16,18,21H,2-3,6-7,12-14H2,1H3/t18?,21?,24-/m0/s1. The summed E-state index contributed by atoms with van der Waals surface area (Å²) in [4.78, 5) is 1.07. The molecule has 3 atom stereocenters. The maximum Gasteiger partial charge on any atom is 0.165 e. The first kappa shape index (κ1) is 19.4. The summed E-state index contributed by atoms with van der Waals surface area (Å²) in [5.74, 6) is -0.117. The summed E-state index contributed by atoms with van der Waals surface area (Å²) in [6.45, 7) is 3.18. The van der Waals surface area contributed by atoms with Gasteiger partial charge in [-0.25, -0.2) is 8.78 Å². The fourth-order valence-electron chi connectivity index (χ4n) is 4.78. The molecule has 0 spiro atoms. The van der Waals surface area contributed by atoms with Crippen molar-refractivity contribution in [2.75, 3.05) is 13.2 Å². The van der Waals surface area contributed by atoms with E-state index in [4.69, 9.17) is 9.47 Å². The minimum atomic E-state index is -0.582. The highest BCUT2D eigenvalue weighted by Crippen LogP contribution is 2.60. The van der Waals surface area contributed by atoms with Crippen LogP contribution < -0.4 is 4.74 Å². The van der Waals surface area contributed by atoms with Crippen LogP contribution in [0.3, 0.4) is 0 Å². The van der Waals surface area contributed by atoms with Crippen molar-refractivity contribution in [2.45, 2.75) is 54.8 Å². The van der Waals surface area contributed by atoms with Gasteiger partial charge in [-0.2, -0.15) is 0 Å². The molecule has 2 saturated carbocycles. The quantitative estimate of drug-likeness (QED) is 0.574. The normalized spacial score (nSPS) is 28.4. The van der Waals surface area contributed by atoms with Crippen LogP contribution in [0.15, 0.2) is 41.3 Å². The van der Waals surface area contributed by atoms with Crippen molar-refractivity contribution >= 4 is 11.8 Å². The van der Waals surface area contributed by atoms with Crippen LogP contribution in [0, 0.1) is 30.4 Å². The molecule has 5 heteroatoms. The largest absolute Gasteiger partial charge is 0.490 e. The fraction of sp³-hybridized carbons (Fsp3) is 0.500. The maximum atomic E-state index is 15.2. The molecule has 2 aromatic rings. The minimum Gasteiger partial charge on any atom is -0.490 e. The monoisotopic (exact) mass is 416 g/mol. The number of fused-ring (bicyclic) bond motifs is 3. The first-order valence-corrected chi connectivity index (χ1v) is 11.4. The number of rotatable bonds is 5. The van der Waals surface area contributed by atoms with Crippen molar-refractivity contribution in [3.8, 4) is 5.75 Å². The van der Waals surface area contributed by atoms with E-state index in [0.29, 0.717) is 18.1 Å². The second-order valence-corrected chi connectivity index (χ2v) is 10.1. The van der Waals surface area contributed by atoms with E-state index in [1.54, 1.807) is 11.8 Å². The summed E-state index contributed by atoms with van der Waals surface area (Å²) < 4.78 is 41.4. The number of halogens is 2. The Morgan fingerprint density at radius 2 is 1.83 bits per heavy atom. The van der Waals surface area contributed by atoms with Gasteiger partial charge < -0.3 is 9.47 Å². The lowest BCUT2D eigenvalue weighted by Crippen LogP contribution is -2.50. The number of hydrogen-bond acceptors (Lipinski definition) is 3. The van der Waals surface area contributed by atoms with E-state index in [2.05, 4.69) is 31.2 Å². The molecule has 1 heterocycles. The number of thioether (sulfide) groups is 1. The Balaban J connectivity index is 1.58. The van der Waals surface area contributed by atoms with E-state index in [9.17, 15) is 4.39 Å². The summed E-state index contributed by atoms with van der Waals surface area (Å²) in [5, 5.41) is 0. The Morgan fingerprint density at radius 1 is 1.07 bits per heavy atom. The molecule has 5 rings (SSSR count). The van der Waals surface area contributed by atoms with Gasteiger partial charge in [0.15, 0.2) is 11.6 Å². The van der Waals surface area contributed by atoms with Crippen molar-refractivity contribution in [3.05, 3.63) is 59.2 Å². The van der Waals surface area contributed by atoms with Gasteiger partial charge in [-0.15, -0.1) is 11.8 Å². The van der Waals surface area contributed by atoms with Crippen molar-refractivity contribution in [1.29, 1.82) is 0 Å². The van der Waals surface area contributed by atoms with Gasteiger partial charge in [0.1, 0.15) is 5.82 Å². The van der Waals surface area contributed by atoms with Crippen molar-refractivity contribution in [2.24, 2.45) is 11.8 Å². The van der Waals surface area contributed by atoms with E-state index >= 15 is 4.39 Å². The molecule has 0 bridgehead atoms. The lowest BCUT2D eigenvalue weighted by atomic mass is 9.71. The van der Waals surface area contributed by atoms with Gasteiger partial charge in [-0.1, -0.05) is 17.7 Å². The van der Waals surface area contributed by atoms with Gasteiger partial charge in [-0.05, 0) is 69.2 Å². The molecule has 2 fully saturated rings. The Kier molecular flexibility index (Phi) is 5.07. The summed E-state index contributed by atoms with van der Waals surface area (Å²) in [6, 6.07) is 10.7. The zero-order valence-electron chi connectivity index (χ0n) is 16.6. The van der Waals surface area contributed by atoms with Crippen molar-refractivity contribution in [3.63, 3.8) is 0 Å². The predicted octanol–water partition coefficient (Wildman–Crippen LogP) is 6.25. The molecule has 2 aromatic carbocycles. The van der Waals surface area contributed by atoms with Crippen molar-refractivity contribution in [1.82, 2.24) is 0 Å². The molecular weight excluding hydrogens is 390 g/mol. The van der Waals surface area contributed by atoms with Gasteiger partial charge in [-0.3, -0.25) is 0 Å². The molecule has 2 aliphatic carbocycles. The molecule has 0 N–H and O–H groups in total. The van der Waals surface area contributed by atoms with E-state index in [0.717, 1.165) is 30.8 Å².